The third-order valence-corrected chi connectivity index (χ3v) is 5.48. The van der Waals surface area contributed by atoms with Crippen molar-refractivity contribution < 1.29 is 9.53 Å². The van der Waals surface area contributed by atoms with E-state index in [1.807, 2.05) is 30.9 Å². The molecule has 2 aromatic rings. The van der Waals surface area contributed by atoms with E-state index in [1.165, 1.54) is 6.07 Å². The maximum Gasteiger partial charge on any atom is 0.251 e. The Hall–Kier alpha value is -2.58. The van der Waals surface area contributed by atoms with Gasteiger partial charge in [0.1, 0.15) is 5.82 Å². The molecule has 2 saturated heterocycles. The summed E-state index contributed by atoms with van der Waals surface area (Å²) in [7, 11) is 0. The Morgan fingerprint density at radius 2 is 1.97 bits per heavy atom. The molecule has 0 aromatic carbocycles. The number of ether oxygens (including phenoxy) is 1. The third-order valence-electron chi connectivity index (χ3n) is 5.48. The number of aromatic nitrogens is 3. The Kier molecular flexibility index (Phi) is 5.73. The van der Waals surface area contributed by atoms with Crippen LogP contribution in [0.2, 0.25) is 0 Å². The van der Waals surface area contributed by atoms with E-state index in [2.05, 4.69) is 19.9 Å². The van der Waals surface area contributed by atoms with Crippen LogP contribution in [0.3, 0.4) is 0 Å². The molecule has 0 bridgehead atoms. The molecule has 8 heteroatoms. The minimum absolute atomic E-state index is 0.0748. The molecule has 2 fully saturated rings. The topological polar surface area (TPSA) is 91.4 Å². The molecule has 4 heterocycles. The molecule has 0 saturated carbocycles. The monoisotopic (exact) mass is 397 g/mol. The summed E-state index contributed by atoms with van der Waals surface area (Å²) in [4.78, 5) is 40.9. The van der Waals surface area contributed by atoms with Gasteiger partial charge in [0.2, 0.25) is 5.91 Å². The van der Waals surface area contributed by atoms with Crippen molar-refractivity contribution in [1.29, 1.82) is 0 Å². The quantitative estimate of drug-likeness (QED) is 0.843. The second-order valence-corrected chi connectivity index (χ2v) is 7.95. The largest absolute Gasteiger partial charge is 0.373 e. The SMILES string of the molecule is C[C@@H]1CN(CC(=O)N2CCC[C@H]2c2nc(-c3ccncc3)cc(=O)[nH]2)C[C@@H](C)O1. The second-order valence-electron chi connectivity index (χ2n) is 7.95. The molecular weight excluding hydrogens is 370 g/mol. The van der Waals surface area contributed by atoms with E-state index in [9.17, 15) is 9.59 Å². The Balaban J connectivity index is 1.53. The second kappa shape index (κ2) is 8.42. The summed E-state index contributed by atoms with van der Waals surface area (Å²) in [5, 5.41) is 0. The number of likely N-dealkylation sites (tertiary alicyclic amines) is 1. The number of aromatic amines is 1. The maximum absolute atomic E-state index is 13.1. The van der Waals surface area contributed by atoms with E-state index in [0.29, 0.717) is 24.6 Å². The summed E-state index contributed by atoms with van der Waals surface area (Å²) in [6.45, 7) is 6.61. The molecule has 0 radical (unpaired) electrons. The third kappa shape index (κ3) is 4.54. The van der Waals surface area contributed by atoms with Crippen LogP contribution in [-0.4, -0.2) is 69.0 Å². The molecule has 154 valence electrons. The molecule has 8 nitrogen and oxygen atoms in total. The number of carbonyl (C=O) groups excluding carboxylic acids is 1. The van der Waals surface area contributed by atoms with Gasteiger partial charge in [0, 0.05) is 43.7 Å². The van der Waals surface area contributed by atoms with Gasteiger partial charge < -0.3 is 14.6 Å². The Bertz CT molecular complexity index is 906. The molecule has 0 aliphatic carbocycles. The molecule has 2 aromatic heterocycles. The summed E-state index contributed by atoms with van der Waals surface area (Å²) < 4.78 is 5.76. The number of pyridine rings is 1. The fourth-order valence-electron chi connectivity index (χ4n) is 4.35. The molecular formula is C21H27N5O3. The van der Waals surface area contributed by atoms with Gasteiger partial charge in [0.25, 0.3) is 5.56 Å². The summed E-state index contributed by atoms with van der Waals surface area (Å²) >= 11 is 0. The average Bonchev–Trinajstić information content (AvgIpc) is 3.17. The summed E-state index contributed by atoms with van der Waals surface area (Å²) in [5.74, 6) is 0.629. The van der Waals surface area contributed by atoms with Crippen LogP contribution in [0.15, 0.2) is 35.4 Å². The highest BCUT2D eigenvalue weighted by Gasteiger charge is 2.33. The van der Waals surface area contributed by atoms with Gasteiger partial charge in [0.15, 0.2) is 0 Å². The number of nitrogens with one attached hydrogen (secondary N) is 1. The van der Waals surface area contributed by atoms with Crippen LogP contribution in [-0.2, 0) is 9.53 Å². The van der Waals surface area contributed by atoms with Crippen molar-refractivity contribution in [2.75, 3.05) is 26.2 Å². The van der Waals surface area contributed by atoms with Crippen LogP contribution in [0.25, 0.3) is 11.3 Å². The zero-order valence-corrected chi connectivity index (χ0v) is 16.9. The molecule has 1 N–H and O–H groups in total. The van der Waals surface area contributed by atoms with E-state index in [4.69, 9.17) is 4.74 Å². The zero-order valence-electron chi connectivity index (χ0n) is 16.9. The normalized spacial score (nSPS) is 25.3. The average molecular weight is 397 g/mol. The molecule has 1 amide bonds. The summed E-state index contributed by atoms with van der Waals surface area (Å²) in [5.41, 5.74) is 1.22. The Labute approximate surface area is 169 Å². The minimum atomic E-state index is -0.211. The van der Waals surface area contributed by atoms with Gasteiger partial charge in [-0.1, -0.05) is 0 Å². The lowest BCUT2D eigenvalue weighted by molar-refractivity contribution is -0.137. The van der Waals surface area contributed by atoms with Crippen molar-refractivity contribution in [2.24, 2.45) is 0 Å². The fourth-order valence-corrected chi connectivity index (χ4v) is 4.35. The number of nitrogens with zero attached hydrogens (tertiary/aromatic N) is 4. The van der Waals surface area contributed by atoms with Crippen molar-refractivity contribution >= 4 is 5.91 Å². The summed E-state index contributed by atoms with van der Waals surface area (Å²) in [6, 6.07) is 4.93. The smallest absolute Gasteiger partial charge is 0.251 e. The standard InChI is InChI=1S/C21H27N5O3/c1-14-11-25(12-15(2)29-14)13-20(28)26-9-3-4-18(26)21-23-17(10-19(27)24-21)16-5-7-22-8-6-16/h5-8,10,14-15,18H,3-4,9,11-13H2,1-2H3,(H,23,24,27)/t14-,15-,18+/m1/s1. The zero-order chi connectivity index (χ0) is 20.4. The molecule has 2 aliphatic rings. The highest BCUT2D eigenvalue weighted by Crippen LogP contribution is 2.30. The Morgan fingerprint density at radius 3 is 2.69 bits per heavy atom. The Morgan fingerprint density at radius 1 is 1.24 bits per heavy atom. The van der Waals surface area contributed by atoms with Crippen molar-refractivity contribution in [3.8, 4) is 11.3 Å². The van der Waals surface area contributed by atoms with Gasteiger partial charge >= 0.3 is 0 Å². The number of hydrogen-bond donors (Lipinski definition) is 1. The van der Waals surface area contributed by atoms with E-state index >= 15 is 0 Å². The van der Waals surface area contributed by atoms with E-state index < -0.39 is 0 Å². The van der Waals surface area contributed by atoms with Crippen LogP contribution in [0.4, 0.5) is 0 Å². The lowest BCUT2D eigenvalue weighted by atomic mass is 10.1. The van der Waals surface area contributed by atoms with Crippen LogP contribution in [0.1, 0.15) is 38.6 Å². The lowest BCUT2D eigenvalue weighted by Crippen LogP contribution is -2.49. The van der Waals surface area contributed by atoms with Crippen LogP contribution in [0.5, 0.6) is 0 Å². The number of H-pyrrole nitrogens is 1. The molecule has 3 atom stereocenters. The number of hydrogen-bond acceptors (Lipinski definition) is 6. The maximum atomic E-state index is 13.1. The first-order valence-corrected chi connectivity index (χ1v) is 10.2. The van der Waals surface area contributed by atoms with E-state index in [-0.39, 0.29) is 29.7 Å². The molecule has 0 unspecified atom stereocenters. The highest BCUT2D eigenvalue weighted by molar-refractivity contribution is 5.79. The van der Waals surface area contributed by atoms with Gasteiger partial charge in [-0.3, -0.25) is 19.5 Å². The summed E-state index contributed by atoms with van der Waals surface area (Å²) in [6.07, 6.45) is 5.29. The van der Waals surface area contributed by atoms with Crippen molar-refractivity contribution in [3.05, 3.63) is 46.8 Å². The van der Waals surface area contributed by atoms with Gasteiger partial charge in [-0.2, -0.15) is 0 Å². The number of amides is 1. The van der Waals surface area contributed by atoms with E-state index in [0.717, 1.165) is 31.5 Å². The molecule has 0 spiro atoms. The molecule has 4 rings (SSSR count). The van der Waals surface area contributed by atoms with Crippen molar-refractivity contribution in [1.82, 2.24) is 24.8 Å². The first-order valence-electron chi connectivity index (χ1n) is 10.2. The van der Waals surface area contributed by atoms with Crippen LogP contribution in [0, 0.1) is 0 Å². The van der Waals surface area contributed by atoms with Gasteiger partial charge in [-0.25, -0.2) is 4.98 Å². The number of carbonyl (C=O) groups is 1. The predicted molar refractivity (Wildman–Crippen MR) is 108 cm³/mol. The molecule has 29 heavy (non-hydrogen) atoms. The lowest BCUT2D eigenvalue weighted by Gasteiger charge is -2.36. The number of rotatable bonds is 4. The number of morpholine rings is 1. The van der Waals surface area contributed by atoms with Crippen molar-refractivity contribution in [3.63, 3.8) is 0 Å². The van der Waals surface area contributed by atoms with Crippen molar-refractivity contribution in [2.45, 2.75) is 44.9 Å². The van der Waals surface area contributed by atoms with Gasteiger partial charge in [-0.15, -0.1) is 0 Å². The highest BCUT2D eigenvalue weighted by atomic mass is 16.5. The van der Waals surface area contributed by atoms with Gasteiger partial charge in [-0.05, 0) is 38.8 Å². The van der Waals surface area contributed by atoms with Crippen LogP contribution >= 0.6 is 0 Å². The predicted octanol–water partition coefficient (Wildman–Crippen LogP) is 1.60. The van der Waals surface area contributed by atoms with Crippen LogP contribution < -0.4 is 5.56 Å². The first-order chi connectivity index (χ1) is 14.0. The first kappa shape index (κ1) is 19.7. The van der Waals surface area contributed by atoms with Gasteiger partial charge in [0.05, 0.1) is 30.5 Å². The molecule has 2 aliphatic heterocycles. The minimum Gasteiger partial charge on any atom is -0.373 e. The van der Waals surface area contributed by atoms with E-state index in [1.54, 1.807) is 12.4 Å². The fraction of sp³-hybridized carbons (Fsp3) is 0.524.